The van der Waals surface area contributed by atoms with Gasteiger partial charge in [0.2, 0.25) is 0 Å². The van der Waals surface area contributed by atoms with Crippen LogP contribution >= 0.6 is 17.0 Å². The Morgan fingerprint density at radius 3 is 0.750 bits per heavy atom. The van der Waals surface area contributed by atoms with Crippen LogP contribution in [0.3, 0.4) is 0 Å². The van der Waals surface area contributed by atoms with Gasteiger partial charge in [0.25, 0.3) is 0 Å². The molecule has 0 spiro atoms. The minimum atomic E-state index is 0. The van der Waals surface area contributed by atoms with Crippen molar-refractivity contribution in [2.45, 2.75) is 0 Å². The molecule has 0 N–H and O–H groups in total. The van der Waals surface area contributed by atoms with Gasteiger partial charge in [0.1, 0.15) is 0 Å². The molecular weight excluding hydrogens is 317 g/mol. The third kappa shape index (κ3) is 8.84. The minimum absolute atomic E-state index is 0. The van der Waals surface area contributed by atoms with Crippen LogP contribution in [-0.4, -0.2) is 0 Å². The monoisotopic (exact) mass is 315 g/mol. The molecule has 0 unspecified atom stereocenters. The smallest absolute Gasteiger partial charge is 0 e. The van der Waals surface area contributed by atoms with Crippen LogP contribution in [0.1, 0.15) is 0 Å². The van der Waals surface area contributed by atoms with Gasteiger partial charge in [0.05, 0.1) is 0 Å². The van der Waals surface area contributed by atoms with Crippen LogP contribution in [0.25, 0.3) is 0 Å². The van der Waals surface area contributed by atoms with E-state index in [4.69, 9.17) is 0 Å². The SMILES string of the molecule is Br.[Mn].[Zr].[Zr]. The summed E-state index contributed by atoms with van der Waals surface area (Å²) in [7, 11) is 0. The van der Waals surface area contributed by atoms with Crippen molar-refractivity contribution in [2.75, 3.05) is 0 Å². The first-order valence-corrected chi connectivity index (χ1v) is 0. The number of hydrogen-bond donors (Lipinski definition) is 0. The summed E-state index contributed by atoms with van der Waals surface area (Å²) in [4.78, 5) is 0. The molecule has 1 radical (unpaired) electrons. The van der Waals surface area contributed by atoms with E-state index in [2.05, 4.69) is 0 Å². The van der Waals surface area contributed by atoms with Crippen molar-refractivity contribution in [3.05, 3.63) is 0 Å². The molecule has 0 saturated carbocycles. The Labute approximate surface area is 85.0 Å². The molecule has 0 aliphatic heterocycles. The number of hydrogen-bond acceptors (Lipinski definition) is 0. The van der Waals surface area contributed by atoms with E-state index in [1.165, 1.54) is 0 Å². The first kappa shape index (κ1) is 29.4. The maximum atomic E-state index is 0. The molecule has 0 aromatic rings. The predicted molar refractivity (Wildman–Crippen MR) is 10.3 cm³/mol. The van der Waals surface area contributed by atoms with Gasteiger partial charge in [-0.25, -0.2) is 0 Å². The molecule has 0 aliphatic carbocycles. The van der Waals surface area contributed by atoms with Crippen LogP contribution in [0.5, 0.6) is 0 Å². The van der Waals surface area contributed by atoms with Crippen molar-refractivity contribution in [2.24, 2.45) is 0 Å². The average Bonchev–Trinajstić information content (AvgIpc) is 0. The molecule has 0 nitrogen and oxygen atoms in total. The second-order valence-electron chi connectivity index (χ2n) is 0. The number of halogens is 1. The molecule has 4 heteroatoms. The summed E-state index contributed by atoms with van der Waals surface area (Å²) in [5.74, 6) is 0. The van der Waals surface area contributed by atoms with Gasteiger partial charge >= 0.3 is 0 Å². The zero-order valence-electron chi connectivity index (χ0n) is 1.79. The Bertz CT molecular complexity index is 6.00. The van der Waals surface area contributed by atoms with E-state index in [1.807, 2.05) is 0 Å². The molecule has 0 aliphatic rings. The van der Waals surface area contributed by atoms with Crippen LogP contribution in [0.2, 0.25) is 0 Å². The zero-order valence-corrected chi connectivity index (χ0v) is 9.60. The van der Waals surface area contributed by atoms with Crippen molar-refractivity contribution >= 4 is 17.0 Å². The topological polar surface area (TPSA) is 0 Å². The van der Waals surface area contributed by atoms with Crippen molar-refractivity contribution in [1.82, 2.24) is 0 Å². The standard InChI is InChI=1S/BrH.Mn.2Zr/h1H;;;. The van der Waals surface area contributed by atoms with Crippen molar-refractivity contribution in [1.29, 1.82) is 0 Å². The van der Waals surface area contributed by atoms with Gasteiger partial charge in [0.15, 0.2) is 0 Å². The molecule has 0 heterocycles. The number of rotatable bonds is 0. The molecule has 0 atom stereocenters. The van der Waals surface area contributed by atoms with Gasteiger partial charge < -0.3 is 0 Å². The predicted octanol–water partition coefficient (Wildman–Crippen LogP) is 0.570. The largest absolute Gasteiger partial charge is 0.114 e. The molecule has 0 aromatic heterocycles. The van der Waals surface area contributed by atoms with Crippen LogP contribution in [0, 0.1) is 0 Å². The molecule has 0 amide bonds. The molecular formula is HBrMnZr2. The van der Waals surface area contributed by atoms with E-state index in [9.17, 15) is 0 Å². The van der Waals surface area contributed by atoms with Gasteiger partial charge in [-0.3, -0.25) is 0 Å². The van der Waals surface area contributed by atoms with Crippen LogP contribution < -0.4 is 0 Å². The summed E-state index contributed by atoms with van der Waals surface area (Å²) >= 11 is 0. The summed E-state index contributed by atoms with van der Waals surface area (Å²) in [5.41, 5.74) is 0. The molecule has 4 heavy (non-hydrogen) atoms. The molecule has 0 bridgehead atoms. The summed E-state index contributed by atoms with van der Waals surface area (Å²) < 4.78 is 0. The van der Waals surface area contributed by atoms with Crippen LogP contribution in [0.4, 0.5) is 0 Å². The van der Waals surface area contributed by atoms with E-state index >= 15 is 0 Å². The van der Waals surface area contributed by atoms with E-state index in [-0.39, 0.29) is 86.5 Å². The van der Waals surface area contributed by atoms with Crippen molar-refractivity contribution in [3.8, 4) is 0 Å². The Morgan fingerprint density at radius 1 is 0.750 bits per heavy atom. The van der Waals surface area contributed by atoms with Crippen LogP contribution in [0.15, 0.2) is 0 Å². The fraction of sp³-hybridized carbons (Fsp3) is 0. The molecule has 0 aromatic carbocycles. The van der Waals surface area contributed by atoms with E-state index < -0.39 is 0 Å². The van der Waals surface area contributed by atoms with Gasteiger partial charge in [-0.1, -0.05) is 0 Å². The summed E-state index contributed by atoms with van der Waals surface area (Å²) in [6.07, 6.45) is 0. The van der Waals surface area contributed by atoms with Gasteiger partial charge in [-0.15, -0.1) is 17.0 Å². The van der Waals surface area contributed by atoms with E-state index in [1.54, 1.807) is 0 Å². The molecule has 0 fully saturated rings. The first-order valence-electron chi connectivity index (χ1n) is 0. The average molecular weight is 318 g/mol. The molecule has 0 rings (SSSR count). The maximum absolute atomic E-state index is 0. The van der Waals surface area contributed by atoms with Gasteiger partial charge in [0, 0.05) is 69.5 Å². The van der Waals surface area contributed by atoms with E-state index in [0.29, 0.717) is 0 Å². The minimum Gasteiger partial charge on any atom is -0.114 e. The zero-order chi connectivity index (χ0) is 0. The normalized spacial score (nSPS) is 0. The fourth-order valence-corrected chi connectivity index (χ4v) is 0. The fourth-order valence-electron chi connectivity index (χ4n) is 0. The van der Waals surface area contributed by atoms with E-state index in [0.717, 1.165) is 0 Å². The third-order valence-electron chi connectivity index (χ3n) is 0. The first-order chi connectivity index (χ1) is 0. The summed E-state index contributed by atoms with van der Waals surface area (Å²) in [5, 5.41) is 0. The second-order valence-corrected chi connectivity index (χ2v) is 0. The van der Waals surface area contributed by atoms with Crippen molar-refractivity contribution < 1.29 is 69.5 Å². The quantitative estimate of drug-likeness (QED) is 0.573. The van der Waals surface area contributed by atoms with Crippen LogP contribution in [-0.2, 0) is 69.5 Å². The molecule has 0 saturated heterocycles. The summed E-state index contributed by atoms with van der Waals surface area (Å²) in [6.45, 7) is 0. The Hall–Kier alpha value is 2.77. The Morgan fingerprint density at radius 2 is 0.750 bits per heavy atom. The summed E-state index contributed by atoms with van der Waals surface area (Å²) in [6, 6.07) is 0. The Kier molecular flexibility index (Phi) is 126. The second kappa shape index (κ2) is 17.1. The maximum Gasteiger partial charge on any atom is 0 e. The molecule has 23 valence electrons. The van der Waals surface area contributed by atoms with Gasteiger partial charge in [-0.05, 0) is 0 Å². The van der Waals surface area contributed by atoms with Crippen molar-refractivity contribution in [3.63, 3.8) is 0 Å². The third-order valence-corrected chi connectivity index (χ3v) is 0. The Balaban J connectivity index is 0. The van der Waals surface area contributed by atoms with Gasteiger partial charge in [-0.2, -0.15) is 0 Å².